The van der Waals surface area contributed by atoms with Crippen LogP contribution in [0.5, 0.6) is 11.5 Å². The highest BCUT2D eigenvalue weighted by molar-refractivity contribution is 5.91. The van der Waals surface area contributed by atoms with Crippen LogP contribution in [0.15, 0.2) is 65.1 Å². The summed E-state index contributed by atoms with van der Waals surface area (Å²) in [5.74, 6) is 1.87. The van der Waals surface area contributed by atoms with Gasteiger partial charge in [-0.25, -0.2) is 0 Å². The predicted octanol–water partition coefficient (Wildman–Crippen LogP) is 5.06. The van der Waals surface area contributed by atoms with Crippen LogP contribution < -0.4 is 14.8 Å². The van der Waals surface area contributed by atoms with Crippen molar-refractivity contribution in [3.05, 3.63) is 83.3 Å². The normalized spacial score (nSPS) is 11.7. The maximum Gasteiger partial charge on any atom is 0.287 e. The minimum absolute atomic E-state index is 0.0634. The maximum atomic E-state index is 12.6. The zero-order chi connectivity index (χ0) is 19.9. The second kappa shape index (κ2) is 9.13. The van der Waals surface area contributed by atoms with Gasteiger partial charge in [0.1, 0.15) is 12.4 Å². The Morgan fingerprint density at radius 3 is 2.43 bits per heavy atom. The summed E-state index contributed by atoms with van der Waals surface area (Å²) in [5, 5.41) is 3.03. The molecular weight excluding hydrogens is 354 g/mol. The van der Waals surface area contributed by atoms with Gasteiger partial charge in [0, 0.05) is 0 Å². The van der Waals surface area contributed by atoms with Gasteiger partial charge < -0.3 is 19.2 Å². The van der Waals surface area contributed by atoms with E-state index in [0.29, 0.717) is 17.3 Å². The fraction of sp³-hybridized carbons (Fsp3) is 0.261. The first-order chi connectivity index (χ1) is 13.6. The van der Waals surface area contributed by atoms with Crippen LogP contribution in [-0.4, -0.2) is 13.0 Å². The third-order valence-electron chi connectivity index (χ3n) is 4.52. The lowest BCUT2D eigenvalue weighted by atomic mass is 10.0. The average molecular weight is 379 g/mol. The lowest BCUT2D eigenvalue weighted by Gasteiger charge is -2.17. The molecule has 1 N–H and O–H groups in total. The fourth-order valence-electron chi connectivity index (χ4n) is 2.91. The maximum absolute atomic E-state index is 12.6. The largest absolute Gasteiger partial charge is 0.493 e. The van der Waals surface area contributed by atoms with Gasteiger partial charge in [0.25, 0.3) is 5.91 Å². The molecule has 0 aliphatic heterocycles. The van der Waals surface area contributed by atoms with Crippen molar-refractivity contribution in [1.82, 2.24) is 5.32 Å². The van der Waals surface area contributed by atoms with E-state index in [4.69, 9.17) is 13.9 Å². The Bertz CT molecular complexity index is 914. The van der Waals surface area contributed by atoms with E-state index < -0.39 is 0 Å². The molecule has 0 aliphatic carbocycles. The number of hydrogen-bond donors (Lipinski definition) is 1. The number of carbonyl (C=O) groups excluding carboxylic acids is 1. The van der Waals surface area contributed by atoms with Gasteiger partial charge in [-0.3, -0.25) is 4.79 Å². The van der Waals surface area contributed by atoms with Crippen molar-refractivity contribution in [2.45, 2.75) is 32.9 Å². The summed E-state index contributed by atoms with van der Waals surface area (Å²) in [7, 11) is 1.59. The molecule has 1 heterocycles. The monoisotopic (exact) mass is 379 g/mol. The summed E-state index contributed by atoms with van der Waals surface area (Å²) in [5.41, 5.74) is 2.27. The second-order valence-electron chi connectivity index (χ2n) is 6.55. The van der Waals surface area contributed by atoms with Crippen molar-refractivity contribution in [3.63, 3.8) is 0 Å². The van der Waals surface area contributed by atoms with Gasteiger partial charge in [-0.2, -0.15) is 0 Å². The Hall–Kier alpha value is -3.21. The third kappa shape index (κ3) is 4.74. The van der Waals surface area contributed by atoms with E-state index in [2.05, 4.69) is 5.32 Å². The number of nitrogens with one attached hydrogen (secondary N) is 1. The number of rotatable bonds is 8. The zero-order valence-electron chi connectivity index (χ0n) is 16.4. The van der Waals surface area contributed by atoms with Crippen LogP contribution in [0.25, 0.3) is 0 Å². The van der Waals surface area contributed by atoms with Gasteiger partial charge in [-0.1, -0.05) is 48.9 Å². The number of methoxy groups -OCH3 is 1. The molecule has 0 saturated carbocycles. The Morgan fingerprint density at radius 1 is 1.04 bits per heavy atom. The Labute approximate surface area is 165 Å². The molecule has 0 unspecified atom stereocenters. The number of hydrogen-bond acceptors (Lipinski definition) is 4. The van der Waals surface area contributed by atoms with Crippen LogP contribution in [0.1, 0.15) is 46.8 Å². The zero-order valence-corrected chi connectivity index (χ0v) is 16.4. The van der Waals surface area contributed by atoms with E-state index in [1.54, 1.807) is 19.2 Å². The molecule has 0 radical (unpaired) electrons. The molecule has 0 fully saturated rings. The minimum atomic E-state index is -0.240. The number of ether oxygens (including phenoxy) is 2. The molecule has 0 aliphatic rings. The summed E-state index contributed by atoms with van der Waals surface area (Å²) < 4.78 is 16.7. The summed E-state index contributed by atoms with van der Waals surface area (Å²) in [4.78, 5) is 12.6. The van der Waals surface area contributed by atoms with Crippen molar-refractivity contribution in [2.75, 3.05) is 7.11 Å². The highest BCUT2D eigenvalue weighted by Gasteiger charge is 2.17. The van der Waals surface area contributed by atoms with Gasteiger partial charge in [0.15, 0.2) is 17.3 Å². The fourth-order valence-corrected chi connectivity index (χ4v) is 2.91. The van der Waals surface area contributed by atoms with Crippen molar-refractivity contribution in [1.29, 1.82) is 0 Å². The molecule has 0 spiro atoms. The Morgan fingerprint density at radius 2 is 1.75 bits per heavy atom. The Kier molecular flexibility index (Phi) is 6.37. The summed E-state index contributed by atoms with van der Waals surface area (Å²) >= 11 is 0. The molecule has 5 nitrogen and oxygen atoms in total. The molecule has 5 heteroatoms. The molecule has 2 aromatic carbocycles. The summed E-state index contributed by atoms with van der Waals surface area (Å²) in [6.07, 6.45) is 0.791. The van der Waals surface area contributed by atoms with Gasteiger partial charge >= 0.3 is 0 Å². The smallest absolute Gasteiger partial charge is 0.287 e. The van der Waals surface area contributed by atoms with E-state index >= 15 is 0 Å². The van der Waals surface area contributed by atoms with E-state index in [1.165, 1.54) is 5.56 Å². The van der Waals surface area contributed by atoms with E-state index in [-0.39, 0.29) is 24.3 Å². The summed E-state index contributed by atoms with van der Waals surface area (Å²) in [6.45, 7) is 4.29. The quantitative estimate of drug-likeness (QED) is 0.594. The molecular formula is C23H25NO4. The topological polar surface area (TPSA) is 60.7 Å². The van der Waals surface area contributed by atoms with E-state index in [0.717, 1.165) is 12.0 Å². The van der Waals surface area contributed by atoms with Gasteiger partial charge in [0.05, 0.1) is 13.2 Å². The van der Waals surface area contributed by atoms with Crippen LogP contribution in [-0.2, 0) is 6.61 Å². The molecule has 3 rings (SSSR count). The van der Waals surface area contributed by atoms with E-state index in [1.807, 2.05) is 62.4 Å². The first kappa shape index (κ1) is 19.5. The number of amides is 1. The van der Waals surface area contributed by atoms with Crippen molar-refractivity contribution in [2.24, 2.45) is 0 Å². The number of carbonyl (C=O) groups is 1. The van der Waals surface area contributed by atoms with Crippen LogP contribution >= 0.6 is 0 Å². The predicted molar refractivity (Wildman–Crippen MR) is 108 cm³/mol. The highest BCUT2D eigenvalue weighted by Crippen LogP contribution is 2.27. The number of furan rings is 1. The third-order valence-corrected chi connectivity index (χ3v) is 4.52. The first-order valence-corrected chi connectivity index (χ1v) is 9.32. The molecule has 0 saturated heterocycles. The molecule has 3 aromatic rings. The van der Waals surface area contributed by atoms with E-state index in [9.17, 15) is 4.79 Å². The number of para-hydroxylation sites is 2. The van der Waals surface area contributed by atoms with Gasteiger partial charge in [0.2, 0.25) is 0 Å². The first-order valence-electron chi connectivity index (χ1n) is 9.32. The molecule has 1 amide bonds. The highest BCUT2D eigenvalue weighted by atomic mass is 16.5. The van der Waals surface area contributed by atoms with Crippen LogP contribution in [0, 0.1) is 6.92 Å². The van der Waals surface area contributed by atoms with Crippen LogP contribution in [0.4, 0.5) is 0 Å². The van der Waals surface area contributed by atoms with Crippen molar-refractivity contribution in [3.8, 4) is 11.5 Å². The SMILES string of the molecule is CC[C@@H](NC(=O)c1ccc(COc2ccccc2OC)o1)c1ccc(C)cc1. The summed E-state index contributed by atoms with van der Waals surface area (Å²) in [6, 6.07) is 18.9. The molecule has 146 valence electrons. The number of aryl methyl sites for hydroxylation is 1. The van der Waals surface area contributed by atoms with Crippen LogP contribution in [0.3, 0.4) is 0 Å². The second-order valence-corrected chi connectivity index (χ2v) is 6.55. The molecule has 1 atom stereocenters. The molecule has 0 bridgehead atoms. The molecule has 28 heavy (non-hydrogen) atoms. The standard InChI is InChI=1S/C23H25NO4/c1-4-19(17-11-9-16(2)10-12-17)24-23(25)22-14-13-18(28-22)15-27-21-8-6-5-7-20(21)26-3/h5-14,19H,4,15H2,1-3H3,(H,24,25)/t19-/m1/s1. The average Bonchev–Trinajstić information content (AvgIpc) is 3.20. The van der Waals surface area contributed by atoms with Crippen molar-refractivity contribution < 1.29 is 18.7 Å². The van der Waals surface area contributed by atoms with Gasteiger partial charge in [-0.05, 0) is 43.2 Å². The van der Waals surface area contributed by atoms with Gasteiger partial charge in [-0.15, -0.1) is 0 Å². The number of benzene rings is 2. The minimum Gasteiger partial charge on any atom is -0.493 e. The van der Waals surface area contributed by atoms with Crippen LogP contribution in [0.2, 0.25) is 0 Å². The lowest BCUT2D eigenvalue weighted by Crippen LogP contribution is -2.27. The Balaban J connectivity index is 1.62. The molecule has 1 aromatic heterocycles. The lowest BCUT2D eigenvalue weighted by molar-refractivity contribution is 0.0903. The van der Waals surface area contributed by atoms with Crippen molar-refractivity contribution >= 4 is 5.91 Å².